The molecule has 0 atom stereocenters. The van der Waals surface area contributed by atoms with Gasteiger partial charge in [-0.1, -0.05) is 6.07 Å². The van der Waals surface area contributed by atoms with E-state index in [0.29, 0.717) is 0 Å². The maximum absolute atomic E-state index is 5.85. The van der Waals surface area contributed by atoms with Gasteiger partial charge in [0.2, 0.25) is 0 Å². The van der Waals surface area contributed by atoms with E-state index in [0.717, 1.165) is 15.7 Å². The Labute approximate surface area is 110 Å². The van der Waals surface area contributed by atoms with Crippen LogP contribution in [0, 0.1) is 6.92 Å². The number of halogens is 2. The molecule has 78 valence electrons. The van der Waals surface area contributed by atoms with Crippen molar-refractivity contribution in [2.24, 2.45) is 0 Å². The summed E-state index contributed by atoms with van der Waals surface area (Å²) in [5, 5.41) is 0. The molecule has 2 aromatic rings. The van der Waals surface area contributed by atoms with E-state index in [9.17, 15) is 0 Å². The van der Waals surface area contributed by atoms with Crippen molar-refractivity contribution in [1.82, 2.24) is 0 Å². The topological polar surface area (TPSA) is 26.0 Å². The number of nitrogens with two attached hydrogens (primary N) is 1. The zero-order valence-corrected chi connectivity index (χ0v) is 12.0. The molecule has 2 N–H and O–H groups in total. The molecule has 0 saturated heterocycles. The van der Waals surface area contributed by atoms with E-state index < -0.39 is 0 Å². The molecule has 1 aromatic heterocycles. The lowest BCUT2D eigenvalue weighted by Gasteiger charge is -2.01. The molecule has 0 aliphatic heterocycles. The minimum Gasteiger partial charge on any atom is -0.398 e. The Morgan fingerprint density at radius 3 is 2.47 bits per heavy atom. The Balaban J connectivity index is 2.49. The molecular formula is C11H9Br2NS. The maximum atomic E-state index is 5.85. The summed E-state index contributed by atoms with van der Waals surface area (Å²) in [5.41, 5.74) is 9.04. The second kappa shape index (κ2) is 4.28. The van der Waals surface area contributed by atoms with Gasteiger partial charge in [0, 0.05) is 15.0 Å². The number of thiophene rings is 1. The minimum atomic E-state index is 0.773. The average Bonchev–Trinajstić information content (AvgIpc) is 2.52. The predicted molar refractivity (Wildman–Crippen MR) is 74.3 cm³/mol. The third kappa shape index (κ3) is 2.27. The van der Waals surface area contributed by atoms with Crippen LogP contribution in [0.3, 0.4) is 0 Å². The molecule has 2 rings (SSSR count). The average molecular weight is 347 g/mol. The standard InChI is InChI=1S/C11H9Br2NS/c1-6-4-10(15-11(6)13)7-2-3-8(12)9(14)5-7/h2-5H,14H2,1H3. The van der Waals surface area contributed by atoms with Gasteiger partial charge < -0.3 is 5.73 Å². The highest BCUT2D eigenvalue weighted by molar-refractivity contribution is 9.11. The van der Waals surface area contributed by atoms with Gasteiger partial charge in [0.25, 0.3) is 0 Å². The molecule has 0 bridgehead atoms. The van der Waals surface area contributed by atoms with Crippen LogP contribution in [0.25, 0.3) is 10.4 Å². The van der Waals surface area contributed by atoms with Gasteiger partial charge in [-0.15, -0.1) is 11.3 Å². The minimum absolute atomic E-state index is 0.773. The third-order valence-electron chi connectivity index (χ3n) is 2.14. The van der Waals surface area contributed by atoms with Crippen LogP contribution in [-0.2, 0) is 0 Å². The van der Waals surface area contributed by atoms with E-state index in [1.165, 1.54) is 14.2 Å². The van der Waals surface area contributed by atoms with Gasteiger partial charge >= 0.3 is 0 Å². The fourth-order valence-corrected chi connectivity index (χ4v) is 3.08. The molecular weight excluding hydrogens is 338 g/mol. The normalized spacial score (nSPS) is 10.6. The van der Waals surface area contributed by atoms with E-state index in [-0.39, 0.29) is 0 Å². The summed E-state index contributed by atoms with van der Waals surface area (Å²) in [5.74, 6) is 0. The summed E-state index contributed by atoms with van der Waals surface area (Å²) in [6.45, 7) is 2.09. The predicted octanol–water partition coefficient (Wildman–Crippen LogP) is 4.83. The first-order valence-corrected chi connectivity index (χ1v) is 6.79. The van der Waals surface area contributed by atoms with Crippen LogP contribution in [0.2, 0.25) is 0 Å². The van der Waals surface area contributed by atoms with E-state index in [4.69, 9.17) is 5.73 Å². The molecule has 1 aromatic carbocycles. The van der Waals surface area contributed by atoms with Gasteiger partial charge in [0.15, 0.2) is 0 Å². The number of benzene rings is 1. The van der Waals surface area contributed by atoms with Gasteiger partial charge in [-0.2, -0.15) is 0 Å². The van der Waals surface area contributed by atoms with E-state index in [1.807, 2.05) is 12.1 Å². The Kier molecular flexibility index (Phi) is 3.19. The van der Waals surface area contributed by atoms with Crippen molar-refractivity contribution in [2.75, 3.05) is 5.73 Å². The van der Waals surface area contributed by atoms with E-state index in [1.54, 1.807) is 11.3 Å². The van der Waals surface area contributed by atoms with Crippen molar-refractivity contribution < 1.29 is 0 Å². The molecule has 0 amide bonds. The van der Waals surface area contributed by atoms with Gasteiger partial charge in [0.05, 0.1) is 3.79 Å². The summed E-state index contributed by atoms with van der Waals surface area (Å²) in [6.07, 6.45) is 0. The Hall–Kier alpha value is -0.320. The number of rotatable bonds is 1. The van der Waals surface area contributed by atoms with Gasteiger partial charge in [-0.3, -0.25) is 0 Å². The SMILES string of the molecule is Cc1cc(-c2ccc(Br)c(N)c2)sc1Br. The highest BCUT2D eigenvalue weighted by Crippen LogP contribution is 2.36. The van der Waals surface area contributed by atoms with Crippen LogP contribution >= 0.6 is 43.2 Å². The molecule has 0 aliphatic rings. The third-order valence-corrected chi connectivity index (χ3v) is 5.05. The van der Waals surface area contributed by atoms with Gasteiger partial charge in [-0.05, 0) is 68.1 Å². The fraction of sp³-hybridized carbons (Fsp3) is 0.0909. The van der Waals surface area contributed by atoms with Crippen molar-refractivity contribution in [1.29, 1.82) is 0 Å². The van der Waals surface area contributed by atoms with E-state index >= 15 is 0 Å². The van der Waals surface area contributed by atoms with Crippen LogP contribution in [0.15, 0.2) is 32.5 Å². The second-order valence-electron chi connectivity index (χ2n) is 3.30. The highest BCUT2D eigenvalue weighted by atomic mass is 79.9. The molecule has 0 aliphatic carbocycles. The zero-order valence-electron chi connectivity index (χ0n) is 8.05. The quantitative estimate of drug-likeness (QED) is 0.735. The van der Waals surface area contributed by atoms with Crippen LogP contribution in [-0.4, -0.2) is 0 Å². The first kappa shape index (κ1) is 11.2. The summed E-state index contributed by atoms with van der Waals surface area (Å²) in [7, 11) is 0. The molecule has 0 saturated carbocycles. The molecule has 15 heavy (non-hydrogen) atoms. The van der Waals surface area contributed by atoms with E-state index in [2.05, 4.69) is 50.9 Å². The molecule has 0 fully saturated rings. The summed E-state index contributed by atoms with van der Waals surface area (Å²) in [6, 6.07) is 8.20. The maximum Gasteiger partial charge on any atom is 0.0734 e. The second-order valence-corrected chi connectivity index (χ2v) is 6.53. The van der Waals surface area contributed by atoms with Crippen molar-refractivity contribution in [3.63, 3.8) is 0 Å². The highest BCUT2D eigenvalue weighted by Gasteiger charge is 2.06. The molecule has 1 nitrogen and oxygen atoms in total. The van der Waals surface area contributed by atoms with Gasteiger partial charge in [-0.25, -0.2) is 0 Å². The summed E-state index contributed by atoms with van der Waals surface area (Å²) >= 11 is 8.64. The number of hydrogen-bond donors (Lipinski definition) is 1. The first-order valence-electron chi connectivity index (χ1n) is 4.39. The monoisotopic (exact) mass is 345 g/mol. The lowest BCUT2D eigenvalue weighted by Crippen LogP contribution is -1.86. The van der Waals surface area contributed by atoms with Gasteiger partial charge in [0.1, 0.15) is 0 Å². The fourth-order valence-electron chi connectivity index (χ4n) is 1.30. The number of anilines is 1. The van der Waals surface area contributed by atoms with Crippen molar-refractivity contribution in [3.8, 4) is 10.4 Å². The van der Waals surface area contributed by atoms with Crippen LogP contribution in [0.1, 0.15) is 5.56 Å². The van der Waals surface area contributed by atoms with Crippen LogP contribution in [0.4, 0.5) is 5.69 Å². The Bertz CT molecular complexity index is 486. The van der Waals surface area contributed by atoms with Crippen molar-refractivity contribution >= 4 is 48.9 Å². The molecule has 0 spiro atoms. The lowest BCUT2D eigenvalue weighted by molar-refractivity contribution is 1.52. The number of aryl methyl sites for hydroxylation is 1. The lowest BCUT2D eigenvalue weighted by atomic mass is 10.1. The first-order chi connectivity index (χ1) is 7.08. The molecule has 0 unspecified atom stereocenters. The Morgan fingerprint density at radius 1 is 1.20 bits per heavy atom. The van der Waals surface area contributed by atoms with Crippen molar-refractivity contribution in [3.05, 3.63) is 38.1 Å². The molecule has 4 heteroatoms. The molecule has 0 radical (unpaired) electrons. The summed E-state index contributed by atoms with van der Waals surface area (Å²) in [4.78, 5) is 1.23. The summed E-state index contributed by atoms with van der Waals surface area (Å²) < 4.78 is 2.12. The Morgan fingerprint density at radius 2 is 1.93 bits per heavy atom. The largest absolute Gasteiger partial charge is 0.398 e. The number of nitrogen functional groups attached to an aromatic ring is 1. The van der Waals surface area contributed by atoms with Crippen LogP contribution < -0.4 is 5.73 Å². The van der Waals surface area contributed by atoms with Crippen molar-refractivity contribution in [2.45, 2.75) is 6.92 Å². The zero-order chi connectivity index (χ0) is 11.0. The smallest absolute Gasteiger partial charge is 0.0734 e. The molecule has 1 heterocycles. The number of hydrogen-bond acceptors (Lipinski definition) is 2. The van der Waals surface area contributed by atoms with Crippen LogP contribution in [0.5, 0.6) is 0 Å².